The summed E-state index contributed by atoms with van der Waals surface area (Å²) in [6.07, 6.45) is 2.25. The van der Waals surface area contributed by atoms with Crippen LogP contribution in [0.1, 0.15) is 10.4 Å². The van der Waals surface area contributed by atoms with Crippen LogP contribution in [-0.2, 0) is 23.2 Å². The first-order chi connectivity index (χ1) is 10.3. The molecule has 0 spiro atoms. The standard InChI is InChI=1S/C13H19N5O2S2/c1-16(2)12-11-9-5-6-18(22(19,20)17(3)4)7-10(9)21-13(11)15-8-14-12/h8H,5-7H2,1-4H3. The molecule has 2 aromatic heterocycles. The van der Waals surface area contributed by atoms with E-state index in [0.29, 0.717) is 19.5 Å². The van der Waals surface area contributed by atoms with Crippen molar-refractivity contribution in [2.24, 2.45) is 0 Å². The van der Waals surface area contributed by atoms with E-state index in [9.17, 15) is 8.42 Å². The maximum atomic E-state index is 12.3. The number of fused-ring (bicyclic) bond motifs is 3. The molecule has 3 rings (SSSR count). The highest BCUT2D eigenvalue weighted by atomic mass is 32.2. The first kappa shape index (κ1) is 15.6. The molecule has 0 amide bonds. The van der Waals surface area contributed by atoms with Crippen LogP contribution in [-0.4, -0.2) is 61.7 Å². The number of thiophene rings is 1. The summed E-state index contributed by atoms with van der Waals surface area (Å²) in [7, 11) is 3.65. The molecule has 0 atom stereocenters. The first-order valence-corrected chi connectivity index (χ1v) is 9.14. The minimum atomic E-state index is -3.38. The Morgan fingerprint density at radius 2 is 1.95 bits per heavy atom. The Morgan fingerprint density at radius 3 is 2.59 bits per heavy atom. The molecule has 0 unspecified atom stereocenters. The molecule has 0 saturated carbocycles. The smallest absolute Gasteiger partial charge is 0.281 e. The van der Waals surface area contributed by atoms with Gasteiger partial charge in [-0.15, -0.1) is 11.3 Å². The number of rotatable bonds is 3. The van der Waals surface area contributed by atoms with E-state index in [4.69, 9.17) is 0 Å². The molecule has 9 heteroatoms. The fraction of sp³-hybridized carbons (Fsp3) is 0.538. The summed E-state index contributed by atoms with van der Waals surface area (Å²) in [4.78, 5) is 12.7. The summed E-state index contributed by atoms with van der Waals surface area (Å²) in [5.74, 6) is 0.895. The molecule has 1 aliphatic heterocycles. The number of aromatic nitrogens is 2. The van der Waals surface area contributed by atoms with Gasteiger partial charge >= 0.3 is 0 Å². The van der Waals surface area contributed by atoms with E-state index in [1.54, 1.807) is 31.8 Å². The minimum Gasteiger partial charge on any atom is -0.362 e. The number of anilines is 1. The van der Waals surface area contributed by atoms with E-state index in [1.165, 1.54) is 14.2 Å². The van der Waals surface area contributed by atoms with Crippen LogP contribution in [0.4, 0.5) is 5.82 Å². The van der Waals surface area contributed by atoms with Gasteiger partial charge in [0.05, 0.1) is 5.39 Å². The quantitative estimate of drug-likeness (QED) is 0.830. The van der Waals surface area contributed by atoms with E-state index in [1.807, 2.05) is 19.0 Å². The van der Waals surface area contributed by atoms with Crippen molar-refractivity contribution in [3.05, 3.63) is 16.8 Å². The maximum absolute atomic E-state index is 12.3. The highest BCUT2D eigenvalue weighted by Crippen LogP contribution is 2.38. The summed E-state index contributed by atoms with van der Waals surface area (Å²) < 4.78 is 27.4. The maximum Gasteiger partial charge on any atom is 0.281 e. The highest BCUT2D eigenvalue weighted by molar-refractivity contribution is 7.86. The van der Waals surface area contributed by atoms with Crippen LogP contribution in [0, 0.1) is 0 Å². The predicted molar refractivity (Wildman–Crippen MR) is 88.5 cm³/mol. The van der Waals surface area contributed by atoms with Crippen LogP contribution in [0.3, 0.4) is 0 Å². The molecule has 0 aliphatic carbocycles. The SMILES string of the molecule is CN(C)c1ncnc2sc3c(c12)CCN(S(=O)(=O)N(C)C)C3. The van der Waals surface area contributed by atoms with Crippen molar-refractivity contribution in [2.45, 2.75) is 13.0 Å². The van der Waals surface area contributed by atoms with Gasteiger partial charge in [0.1, 0.15) is 17.0 Å². The molecule has 0 saturated heterocycles. The molecule has 7 nitrogen and oxygen atoms in total. The van der Waals surface area contributed by atoms with E-state index in [0.717, 1.165) is 20.9 Å². The van der Waals surface area contributed by atoms with Gasteiger partial charge in [-0.3, -0.25) is 0 Å². The normalized spacial score (nSPS) is 16.2. The van der Waals surface area contributed by atoms with Gasteiger partial charge in [0.15, 0.2) is 0 Å². The van der Waals surface area contributed by atoms with Crippen molar-refractivity contribution in [2.75, 3.05) is 39.6 Å². The van der Waals surface area contributed by atoms with E-state index in [-0.39, 0.29) is 0 Å². The molecular formula is C13H19N5O2S2. The van der Waals surface area contributed by atoms with Gasteiger partial charge in [0, 0.05) is 46.2 Å². The van der Waals surface area contributed by atoms with Gasteiger partial charge in [-0.2, -0.15) is 17.0 Å². The van der Waals surface area contributed by atoms with Crippen molar-refractivity contribution in [1.29, 1.82) is 0 Å². The summed E-state index contributed by atoms with van der Waals surface area (Å²) in [6, 6.07) is 0. The molecule has 0 radical (unpaired) electrons. The second-order valence-electron chi connectivity index (χ2n) is 5.65. The second kappa shape index (κ2) is 5.41. The fourth-order valence-electron chi connectivity index (χ4n) is 2.65. The van der Waals surface area contributed by atoms with Gasteiger partial charge in [0.2, 0.25) is 0 Å². The second-order valence-corrected chi connectivity index (χ2v) is 8.88. The summed E-state index contributed by atoms with van der Waals surface area (Å²) in [6.45, 7) is 0.894. The average Bonchev–Trinajstić information content (AvgIpc) is 2.84. The Labute approximate surface area is 134 Å². The first-order valence-electron chi connectivity index (χ1n) is 6.92. The van der Waals surface area contributed by atoms with Gasteiger partial charge in [-0.05, 0) is 12.0 Å². The third-order valence-corrected chi connectivity index (χ3v) is 6.81. The van der Waals surface area contributed by atoms with Crippen molar-refractivity contribution in [3.8, 4) is 0 Å². The molecule has 22 heavy (non-hydrogen) atoms. The number of hydrogen-bond donors (Lipinski definition) is 0. The third kappa shape index (κ3) is 2.37. The lowest BCUT2D eigenvalue weighted by molar-refractivity contribution is 0.362. The Hall–Kier alpha value is -1.29. The Kier molecular flexibility index (Phi) is 3.84. The largest absolute Gasteiger partial charge is 0.362 e. The summed E-state index contributed by atoms with van der Waals surface area (Å²) in [5, 5.41) is 1.06. The molecule has 1 aliphatic rings. The molecule has 0 fully saturated rings. The van der Waals surface area contributed by atoms with Crippen LogP contribution in [0.5, 0.6) is 0 Å². The molecule has 0 bridgehead atoms. The average molecular weight is 341 g/mol. The zero-order valence-corrected chi connectivity index (χ0v) is 14.7. The van der Waals surface area contributed by atoms with Crippen molar-refractivity contribution >= 4 is 37.6 Å². The fourth-order valence-corrected chi connectivity index (χ4v) is 5.01. The van der Waals surface area contributed by atoms with Crippen LogP contribution in [0.25, 0.3) is 10.2 Å². The monoisotopic (exact) mass is 341 g/mol. The Balaban J connectivity index is 2.07. The number of hydrogen-bond acceptors (Lipinski definition) is 6. The lowest BCUT2D eigenvalue weighted by Crippen LogP contribution is -2.42. The van der Waals surface area contributed by atoms with Crippen LogP contribution < -0.4 is 4.90 Å². The topological polar surface area (TPSA) is 69.6 Å². The molecule has 3 heterocycles. The van der Waals surface area contributed by atoms with Gasteiger partial charge in [-0.1, -0.05) is 0 Å². The summed E-state index contributed by atoms with van der Waals surface area (Å²) in [5.41, 5.74) is 1.19. The lowest BCUT2D eigenvalue weighted by Gasteiger charge is -2.28. The highest BCUT2D eigenvalue weighted by Gasteiger charge is 2.31. The molecule has 0 N–H and O–H groups in total. The van der Waals surface area contributed by atoms with Gasteiger partial charge in [-0.25, -0.2) is 9.97 Å². The van der Waals surface area contributed by atoms with Gasteiger partial charge < -0.3 is 4.90 Å². The Bertz CT molecular complexity index is 813. The van der Waals surface area contributed by atoms with Crippen molar-refractivity contribution < 1.29 is 8.42 Å². The van der Waals surface area contributed by atoms with Gasteiger partial charge in [0.25, 0.3) is 10.2 Å². The zero-order chi connectivity index (χ0) is 16.1. The third-order valence-electron chi connectivity index (χ3n) is 3.79. The zero-order valence-electron chi connectivity index (χ0n) is 13.1. The predicted octanol–water partition coefficient (Wildman–Crippen LogP) is 0.922. The van der Waals surface area contributed by atoms with Crippen LogP contribution in [0.15, 0.2) is 6.33 Å². The molecule has 2 aromatic rings. The van der Waals surface area contributed by atoms with E-state index >= 15 is 0 Å². The summed E-state index contributed by atoms with van der Waals surface area (Å²) >= 11 is 1.56. The van der Waals surface area contributed by atoms with Crippen molar-refractivity contribution in [1.82, 2.24) is 18.6 Å². The van der Waals surface area contributed by atoms with Crippen molar-refractivity contribution in [3.63, 3.8) is 0 Å². The molecule has 120 valence electrons. The lowest BCUT2D eigenvalue weighted by atomic mass is 10.1. The molecular weight excluding hydrogens is 322 g/mol. The minimum absolute atomic E-state index is 0.406. The van der Waals surface area contributed by atoms with Crippen LogP contribution >= 0.6 is 11.3 Å². The number of nitrogens with zero attached hydrogens (tertiary/aromatic N) is 5. The molecule has 0 aromatic carbocycles. The van der Waals surface area contributed by atoms with E-state index in [2.05, 4.69) is 9.97 Å². The Morgan fingerprint density at radius 1 is 1.23 bits per heavy atom. The van der Waals surface area contributed by atoms with E-state index < -0.39 is 10.2 Å². The van der Waals surface area contributed by atoms with Crippen LogP contribution in [0.2, 0.25) is 0 Å².